The van der Waals surface area contributed by atoms with Crippen LogP contribution in [0.2, 0.25) is 0 Å². The summed E-state index contributed by atoms with van der Waals surface area (Å²) in [5, 5.41) is 2.50. The third-order valence-corrected chi connectivity index (χ3v) is 0.588. The highest BCUT2D eigenvalue weighted by Gasteiger charge is 1.93. The van der Waals surface area contributed by atoms with Gasteiger partial charge in [-0.2, -0.15) is 0 Å². The van der Waals surface area contributed by atoms with Gasteiger partial charge in [0.1, 0.15) is 6.61 Å². The summed E-state index contributed by atoms with van der Waals surface area (Å²) in [6.07, 6.45) is 0. The zero-order chi connectivity index (χ0) is 6.41. The van der Waals surface area contributed by atoms with Gasteiger partial charge >= 0.3 is 0 Å². The number of nitrogens with one attached hydrogen (secondary N) is 1. The highest BCUT2D eigenvalue weighted by molar-refractivity contribution is 5.85. The monoisotopic (exact) mass is 154 g/mol. The first-order chi connectivity index (χ1) is 3.81. The van der Waals surface area contributed by atoms with E-state index >= 15 is 0 Å². The summed E-state index contributed by atoms with van der Waals surface area (Å²) in [5.74, 6) is 4.41. The van der Waals surface area contributed by atoms with Crippen molar-refractivity contribution in [3.63, 3.8) is 0 Å². The summed E-state index contributed by atoms with van der Waals surface area (Å²) in [5.41, 5.74) is 0. The maximum Gasteiger partial charge on any atom is 0.248 e. The summed E-state index contributed by atoms with van der Waals surface area (Å²) < 4.78 is 0. The van der Waals surface area contributed by atoms with Crippen molar-refractivity contribution in [3.05, 3.63) is 0 Å². The Bertz CT molecular complexity index is 71.0. The Balaban J connectivity index is 0. The standard InChI is InChI=1S/C4H10N2O2.ClH/c1-2-6-4(7)3-8-5;/h2-3,5H2,1H3,(H,6,7);1H. The van der Waals surface area contributed by atoms with Crippen LogP contribution in [-0.4, -0.2) is 19.1 Å². The molecule has 56 valence electrons. The van der Waals surface area contributed by atoms with Crippen molar-refractivity contribution >= 4 is 18.3 Å². The predicted molar refractivity (Wildman–Crippen MR) is 36.1 cm³/mol. The van der Waals surface area contributed by atoms with Crippen LogP contribution in [0.4, 0.5) is 0 Å². The fraction of sp³-hybridized carbons (Fsp3) is 0.750. The Kier molecular flexibility index (Phi) is 9.79. The van der Waals surface area contributed by atoms with Gasteiger partial charge in [0, 0.05) is 6.54 Å². The van der Waals surface area contributed by atoms with Crippen LogP contribution in [0.3, 0.4) is 0 Å². The zero-order valence-corrected chi connectivity index (χ0v) is 6.03. The molecular weight excluding hydrogens is 144 g/mol. The largest absolute Gasteiger partial charge is 0.354 e. The molecule has 0 radical (unpaired) electrons. The van der Waals surface area contributed by atoms with Gasteiger partial charge in [0.25, 0.3) is 0 Å². The molecule has 0 unspecified atom stereocenters. The minimum Gasteiger partial charge on any atom is -0.354 e. The number of rotatable bonds is 3. The van der Waals surface area contributed by atoms with Crippen molar-refractivity contribution in [1.82, 2.24) is 5.32 Å². The van der Waals surface area contributed by atoms with Crippen LogP contribution in [0, 0.1) is 0 Å². The average Bonchev–Trinajstić information content (AvgIpc) is 1.68. The molecule has 0 fully saturated rings. The van der Waals surface area contributed by atoms with Gasteiger partial charge in [-0.1, -0.05) is 0 Å². The minimum atomic E-state index is -0.185. The molecule has 0 saturated heterocycles. The Morgan fingerprint density at radius 2 is 2.33 bits per heavy atom. The van der Waals surface area contributed by atoms with Gasteiger partial charge < -0.3 is 5.32 Å². The molecule has 0 aromatic heterocycles. The van der Waals surface area contributed by atoms with E-state index in [4.69, 9.17) is 0 Å². The molecule has 0 heterocycles. The molecule has 0 rings (SSSR count). The van der Waals surface area contributed by atoms with E-state index < -0.39 is 0 Å². The lowest BCUT2D eigenvalue weighted by atomic mass is 10.6. The molecule has 0 aromatic carbocycles. The van der Waals surface area contributed by atoms with Crippen molar-refractivity contribution in [2.24, 2.45) is 5.90 Å². The first-order valence-electron chi connectivity index (χ1n) is 2.39. The number of amides is 1. The van der Waals surface area contributed by atoms with Crippen LogP contribution in [0.5, 0.6) is 0 Å². The van der Waals surface area contributed by atoms with Gasteiger partial charge in [-0.05, 0) is 6.92 Å². The molecule has 0 aliphatic rings. The van der Waals surface area contributed by atoms with Gasteiger partial charge in [-0.25, -0.2) is 5.90 Å². The Morgan fingerprint density at radius 3 is 2.67 bits per heavy atom. The Morgan fingerprint density at radius 1 is 1.78 bits per heavy atom. The lowest BCUT2D eigenvalue weighted by Crippen LogP contribution is -2.28. The second-order valence-corrected chi connectivity index (χ2v) is 1.26. The molecule has 1 amide bonds. The number of carbonyl (C=O) groups excluding carboxylic acids is 1. The van der Waals surface area contributed by atoms with E-state index in [0.717, 1.165) is 0 Å². The first kappa shape index (κ1) is 11.5. The van der Waals surface area contributed by atoms with Crippen molar-refractivity contribution in [2.45, 2.75) is 6.92 Å². The molecule has 3 N–H and O–H groups in total. The van der Waals surface area contributed by atoms with E-state index in [1.54, 1.807) is 0 Å². The van der Waals surface area contributed by atoms with Gasteiger partial charge in [0.05, 0.1) is 0 Å². The summed E-state index contributed by atoms with van der Waals surface area (Å²) >= 11 is 0. The first-order valence-corrected chi connectivity index (χ1v) is 2.39. The number of likely N-dealkylation sites (N-methyl/N-ethyl adjacent to an activating group) is 1. The molecule has 0 bridgehead atoms. The average molecular weight is 155 g/mol. The van der Waals surface area contributed by atoms with E-state index in [0.29, 0.717) is 6.54 Å². The second-order valence-electron chi connectivity index (χ2n) is 1.26. The quantitative estimate of drug-likeness (QED) is 0.536. The fourth-order valence-corrected chi connectivity index (χ4v) is 0.324. The third-order valence-electron chi connectivity index (χ3n) is 0.588. The summed E-state index contributed by atoms with van der Waals surface area (Å²) in [6.45, 7) is 2.38. The van der Waals surface area contributed by atoms with Crippen molar-refractivity contribution in [1.29, 1.82) is 0 Å². The highest BCUT2D eigenvalue weighted by Crippen LogP contribution is 1.63. The fourth-order valence-electron chi connectivity index (χ4n) is 0.324. The van der Waals surface area contributed by atoms with Gasteiger partial charge in [-0.3, -0.25) is 9.63 Å². The second kappa shape index (κ2) is 7.68. The van der Waals surface area contributed by atoms with Crippen LogP contribution in [-0.2, 0) is 9.63 Å². The van der Waals surface area contributed by atoms with E-state index in [2.05, 4.69) is 16.1 Å². The molecule has 9 heavy (non-hydrogen) atoms. The normalized spacial score (nSPS) is 7.78. The Hall–Kier alpha value is -0.320. The highest BCUT2D eigenvalue weighted by atomic mass is 35.5. The van der Waals surface area contributed by atoms with Crippen molar-refractivity contribution < 1.29 is 9.63 Å². The van der Waals surface area contributed by atoms with E-state index in [1.165, 1.54) is 0 Å². The van der Waals surface area contributed by atoms with Gasteiger partial charge in [-0.15, -0.1) is 12.4 Å². The smallest absolute Gasteiger partial charge is 0.248 e. The van der Waals surface area contributed by atoms with Crippen LogP contribution in [0.1, 0.15) is 6.92 Å². The van der Waals surface area contributed by atoms with Crippen LogP contribution in [0.25, 0.3) is 0 Å². The minimum absolute atomic E-state index is 0. The number of nitrogens with two attached hydrogens (primary N) is 1. The summed E-state index contributed by atoms with van der Waals surface area (Å²) in [4.78, 5) is 14.4. The van der Waals surface area contributed by atoms with Crippen LogP contribution >= 0.6 is 12.4 Å². The zero-order valence-electron chi connectivity index (χ0n) is 5.22. The molecule has 0 atom stereocenters. The molecule has 0 saturated carbocycles. The number of hydrogen-bond donors (Lipinski definition) is 2. The number of carbonyl (C=O) groups is 1. The van der Waals surface area contributed by atoms with E-state index in [9.17, 15) is 4.79 Å². The molecule has 0 aromatic rings. The topological polar surface area (TPSA) is 64.3 Å². The van der Waals surface area contributed by atoms with Crippen LogP contribution < -0.4 is 11.2 Å². The number of hydrogen-bond acceptors (Lipinski definition) is 3. The van der Waals surface area contributed by atoms with Crippen molar-refractivity contribution in [2.75, 3.05) is 13.2 Å². The summed E-state index contributed by atoms with van der Waals surface area (Å²) in [6, 6.07) is 0. The molecule has 0 spiro atoms. The summed E-state index contributed by atoms with van der Waals surface area (Å²) in [7, 11) is 0. The van der Waals surface area contributed by atoms with Gasteiger partial charge in [0.2, 0.25) is 5.91 Å². The molecule has 4 nitrogen and oxygen atoms in total. The number of halogens is 1. The maximum atomic E-state index is 10.3. The molecule has 5 heteroatoms. The third kappa shape index (κ3) is 7.68. The molecule has 0 aliphatic carbocycles. The molecule has 0 aliphatic heterocycles. The predicted octanol–water partition coefficient (Wildman–Crippen LogP) is -0.565. The maximum absolute atomic E-state index is 10.3. The lowest BCUT2D eigenvalue weighted by molar-refractivity contribution is -0.125. The SMILES string of the molecule is CCNC(=O)CON.Cl. The lowest BCUT2D eigenvalue weighted by Gasteiger charge is -1.96. The van der Waals surface area contributed by atoms with E-state index in [1.807, 2.05) is 6.92 Å². The molecular formula is C4H11ClN2O2. The van der Waals surface area contributed by atoms with Crippen LogP contribution in [0.15, 0.2) is 0 Å². The van der Waals surface area contributed by atoms with Gasteiger partial charge in [0.15, 0.2) is 0 Å². The van der Waals surface area contributed by atoms with E-state index in [-0.39, 0.29) is 24.9 Å². The van der Waals surface area contributed by atoms with Crippen molar-refractivity contribution in [3.8, 4) is 0 Å². The Labute approximate surface area is 60.1 Å².